The summed E-state index contributed by atoms with van der Waals surface area (Å²) < 4.78 is 12.9. The van der Waals surface area contributed by atoms with Gasteiger partial charge in [-0.05, 0) is 42.3 Å². The minimum absolute atomic E-state index is 0.247. The summed E-state index contributed by atoms with van der Waals surface area (Å²) in [5.41, 5.74) is 13.8. The summed E-state index contributed by atoms with van der Waals surface area (Å²) in [4.78, 5) is 20.3. The van der Waals surface area contributed by atoms with Crippen LogP contribution in [0.15, 0.2) is 54.9 Å². The fraction of sp³-hybridized carbons (Fsp3) is 0.105. The molecule has 3 aromatic rings. The number of aromatic nitrogens is 2. The number of carbonyl (C=O) groups is 1. The Hall–Kier alpha value is -3.68. The largest absolute Gasteiger partial charge is 0.393 e. The lowest BCUT2D eigenvalue weighted by molar-refractivity contribution is 0.0962. The molecule has 0 fully saturated rings. The molecule has 0 aliphatic carbocycles. The fourth-order valence-electron chi connectivity index (χ4n) is 2.46. The second-order valence-electron chi connectivity index (χ2n) is 5.71. The molecule has 0 bridgehead atoms. The fourth-order valence-corrected chi connectivity index (χ4v) is 2.46. The number of aryl methyl sites for hydroxylation is 1. The lowest BCUT2D eigenvalue weighted by atomic mass is 10.1. The maximum Gasteiger partial charge on any atom is 0.269 e. The van der Waals surface area contributed by atoms with Crippen molar-refractivity contribution in [3.63, 3.8) is 0 Å². The summed E-state index contributed by atoms with van der Waals surface area (Å²) in [7, 11) is 0. The molecule has 1 heterocycles. The molecule has 0 spiro atoms. The summed E-state index contributed by atoms with van der Waals surface area (Å²) >= 11 is 0. The molecule has 1 amide bonds. The molecule has 0 aliphatic heterocycles. The predicted molar refractivity (Wildman–Crippen MR) is 103 cm³/mol. The van der Waals surface area contributed by atoms with Crippen LogP contribution in [-0.2, 0) is 6.42 Å². The van der Waals surface area contributed by atoms with E-state index in [0.29, 0.717) is 11.4 Å². The quantitative estimate of drug-likeness (QED) is 0.499. The molecule has 7 nitrogen and oxygen atoms in total. The van der Waals surface area contributed by atoms with Gasteiger partial charge in [-0.2, -0.15) is 0 Å². The van der Waals surface area contributed by atoms with Gasteiger partial charge >= 0.3 is 0 Å². The average Bonchev–Trinajstić information content (AvgIpc) is 2.69. The standard InChI is InChI=1S/C19H19FN6O/c1-2-12-5-3-4-6-15(12)24-17-16(21)18(23-11-22-17)25-26-19(27)13-7-9-14(20)10-8-13/h3-11H,2,21H2,1H3,(H,26,27)(H2,22,23,24,25). The number of para-hydroxylation sites is 1. The molecular weight excluding hydrogens is 347 g/mol. The molecule has 3 rings (SSSR count). The number of nitrogens with two attached hydrogens (primary N) is 1. The maximum atomic E-state index is 12.9. The Morgan fingerprint density at radius 1 is 1.07 bits per heavy atom. The Labute approximate surface area is 155 Å². The van der Waals surface area contributed by atoms with Gasteiger partial charge in [0.25, 0.3) is 5.91 Å². The summed E-state index contributed by atoms with van der Waals surface area (Å²) in [5.74, 6) is -0.192. The van der Waals surface area contributed by atoms with E-state index in [1.807, 2.05) is 24.3 Å². The first-order chi connectivity index (χ1) is 13.1. The normalized spacial score (nSPS) is 10.3. The van der Waals surface area contributed by atoms with Crippen LogP contribution in [0.2, 0.25) is 0 Å². The molecule has 0 saturated heterocycles. The van der Waals surface area contributed by atoms with Gasteiger partial charge in [-0.15, -0.1) is 0 Å². The Morgan fingerprint density at radius 3 is 2.52 bits per heavy atom. The Morgan fingerprint density at radius 2 is 1.78 bits per heavy atom. The van der Waals surface area contributed by atoms with E-state index in [0.717, 1.165) is 17.7 Å². The molecule has 5 N–H and O–H groups in total. The highest BCUT2D eigenvalue weighted by Gasteiger charge is 2.11. The van der Waals surface area contributed by atoms with E-state index in [-0.39, 0.29) is 11.5 Å². The molecule has 0 radical (unpaired) electrons. The number of benzene rings is 2. The lowest BCUT2D eigenvalue weighted by Crippen LogP contribution is -2.30. The van der Waals surface area contributed by atoms with E-state index in [2.05, 4.69) is 33.1 Å². The van der Waals surface area contributed by atoms with Gasteiger partial charge in [0, 0.05) is 11.3 Å². The van der Waals surface area contributed by atoms with Gasteiger partial charge in [-0.25, -0.2) is 14.4 Å². The second-order valence-corrected chi connectivity index (χ2v) is 5.71. The van der Waals surface area contributed by atoms with Crippen molar-refractivity contribution < 1.29 is 9.18 Å². The number of hydrogen-bond acceptors (Lipinski definition) is 6. The van der Waals surface area contributed by atoms with Crippen LogP contribution in [0.3, 0.4) is 0 Å². The van der Waals surface area contributed by atoms with Crippen molar-refractivity contribution in [2.75, 3.05) is 16.5 Å². The summed E-state index contributed by atoms with van der Waals surface area (Å²) in [5, 5.41) is 3.19. The minimum atomic E-state index is -0.446. The van der Waals surface area contributed by atoms with Crippen LogP contribution in [0, 0.1) is 5.82 Å². The van der Waals surface area contributed by atoms with Crippen LogP contribution in [-0.4, -0.2) is 15.9 Å². The van der Waals surface area contributed by atoms with Crippen molar-refractivity contribution >= 4 is 28.9 Å². The van der Waals surface area contributed by atoms with Crippen LogP contribution >= 0.6 is 0 Å². The lowest BCUT2D eigenvalue weighted by Gasteiger charge is -2.14. The van der Waals surface area contributed by atoms with Crippen molar-refractivity contribution in [2.24, 2.45) is 0 Å². The molecule has 2 aromatic carbocycles. The number of anilines is 4. The highest BCUT2D eigenvalue weighted by molar-refractivity contribution is 5.95. The first kappa shape index (κ1) is 18.1. The molecule has 27 heavy (non-hydrogen) atoms. The molecular formula is C19H19FN6O. The smallest absolute Gasteiger partial charge is 0.269 e. The summed E-state index contributed by atoms with van der Waals surface area (Å²) in [6.07, 6.45) is 2.19. The zero-order valence-corrected chi connectivity index (χ0v) is 14.7. The number of nitrogen functional groups attached to an aromatic ring is 1. The molecule has 8 heteroatoms. The van der Waals surface area contributed by atoms with Crippen LogP contribution in [0.1, 0.15) is 22.8 Å². The Bertz CT molecular complexity index is 945. The zero-order chi connectivity index (χ0) is 19.2. The SMILES string of the molecule is CCc1ccccc1Nc1ncnc(NNC(=O)c2ccc(F)cc2)c1N. The van der Waals surface area contributed by atoms with Gasteiger partial charge in [-0.3, -0.25) is 15.6 Å². The number of halogens is 1. The van der Waals surface area contributed by atoms with Crippen molar-refractivity contribution in [2.45, 2.75) is 13.3 Å². The molecule has 0 aliphatic rings. The topological polar surface area (TPSA) is 105 Å². The third-order valence-corrected chi connectivity index (χ3v) is 3.94. The number of amides is 1. The van der Waals surface area contributed by atoms with E-state index in [1.54, 1.807) is 0 Å². The van der Waals surface area contributed by atoms with E-state index in [9.17, 15) is 9.18 Å². The van der Waals surface area contributed by atoms with Gasteiger partial charge in [0.2, 0.25) is 0 Å². The van der Waals surface area contributed by atoms with Crippen LogP contribution in [0.25, 0.3) is 0 Å². The van der Waals surface area contributed by atoms with Crippen LogP contribution < -0.4 is 21.9 Å². The van der Waals surface area contributed by atoms with E-state index >= 15 is 0 Å². The predicted octanol–water partition coefficient (Wildman–Crippen LogP) is 3.26. The molecule has 1 aromatic heterocycles. The van der Waals surface area contributed by atoms with Gasteiger partial charge in [0.05, 0.1) is 0 Å². The molecule has 0 saturated carbocycles. The van der Waals surface area contributed by atoms with Crippen molar-refractivity contribution in [1.82, 2.24) is 15.4 Å². The first-order valence-electron chi connectivity index (χ1n) is 8.35. The second kappa shape index (κ2) is 8.13. The Balaban J connectivity index is 1.73. The number of rotatable bonds is 6. The van der Waals surface area contributed by atoms with Gasteiger partial charge < -0.3 is 11.1 Å². The third kappa shape index (κ3) is 4.30. The number of hydrogen-bond donors (Lipinski definition) is 4. The number of carbonyl (C=O) groups excluding carboxylic acids is 1. The third-order valence-electron chi connectivity index (χ3n) is 3.94. The highest BCUT2D eigenvalue weighted by Crippen LogP contribution is 2.27. The average molecular weight is 366 g/mol. The Kier molecular flexibility index (Phi) is 5.46. The van der Waals surface area contributed by atoms with Crippen molar-refractivity contribution in [3.05, 3.63) is 71.8 Å². The van der Waals surface area contributed by atoms with Gasteiger partial charge in [-0.1, -0.05) is 25.1 Å². The number of nitrogens with one attached hydrogen (secondary N) is 3. The molecule has 0 unspecified atom stereocenters. The van der Waals surface area contributed by atoms with Crippen LogP contribution in [0.5, 0.6) is 0 Å². The van der Waals surface area contributed by atoms with Crippen molar-refractivity contribution in [1.29, 1.82) is 0 Å². The number of hydrazine groups is 1. The van der Waals surface area contributed by atoms with Gasteiger partial charge in [0.15, 0.2) is 11.6 Å². The van der Waals surface area contributed by atoms with Crippen molar-refractivity contribution in [3.8, 4) is 0 Å². The highest BCUT2D eigenvalue weighted by atomic mass is 19.1. The van der Waals surface area contributed by atoms with E-state index < -0.39 is 11.7 Å². The monoisotopic (exact) mass is 366 g/mol. The van der Waals surface area contributed by atoms with Crippen LogP contribution in [0.4, 0.5) is 27.4 Å². The minimum Gasteiger partial charge on any atom is -0.393 e. The van der Waals surface area contributed by atoms with E-state index in [1.165, 1.54) is 30.6 Å². The molecule has 138 valence electrons. The summed E-state index contributed by atoms with van der Waals surface area (Å²) in [6.45, 7) is 2.06. The first-order valence-corrected chi connectivity index (χ1v) is 8.35. The van der Waals surface area contributed by atoms with E-state index in [4.69, 9.17) is 5.73 Å². The summed E-state index contributed by atoms with van der Waals surface area (Å²) in [6, 6.07) is 13.0. The molecule has 0 atom stereocenters. The van der Waals surface area contributed by atoms with Gasteiger partial charge in [0.1, 0.15) is 17.8 Å². The number of nitrogens with zero attached hydrogens (tertiary/aromatic N) is 2. The maximum absolute atomic E-state index is 12.9. The zero-order valence-electron chi connectivity index (χ0n) is 14.7.